The molecule has 0 aliphatic carbocycles. The molecule has 0 atom stereocenters. The SMILES string of the molecule is CCSc1n[nH]c(NC(=O)CCCOc2ccc(C(C)(C)C)cc2)n1. The third-order valence-electron chi connectivity index (χ3n) is 3.53. The molecular weight excluding hydrogens is 336 g/mol. The van der Waals surface area contributed by atoms with Gasteiger partial charge >= 0.3 is 0 Å². The molecular formula is C18H26N4O2S. The van der Waals surface area contributed by atoms with E-state index in [4.69, 9.17) is 4.74 Å². The van der Waals surface area contributed by atoms with Gasteiger partial charge in [0, 0.05) is 6.42 Å². The zero-order valence-electron chi connectivity index (χ0n) is 15.3. The number of anilines is 1. The number of hydrogen-bond donors (Lipinski definition) is 2. The van der Waals surface area contributed by atoms with Crippen LogP contribution in [0.3, 0.4) is 0 Å². The van der Waals surface area contributed by atoms with Crippen LogP contribution in [0.1, 0.15) is 46.1 Å². The monoisotopic (exact) mass is 362 g/mol. The van der Waals surface area contributed by atoms with Crippen molar-refractivity contribution >= 4 is 23.6 Å². The highest BCUT2D eigenvalue weighted by Crippen LogP contribution is 2.24. The number of hydrogen-bond acceptors (Lipinski definition) is 5. The molecule has 0 aliphatic heterocycles. The molecule has 1 aromatic heterocycles. The Labute approximate surface area is 153 Å². The van der Waals surface area contributed by atoms with Gasteiger partial charge in [0.2, 0.25) is 17.0 Å². The fourth-order valence-electron chi connectivity index (χ4n) is 2.16. The summed E-state index contributed by atoms with van der Waals surface area (Å²) in [5.74, 6) is 2.00. The Morgan fingerprint density at radius 1 is 1.28 bits per heavy atom. The number of rotatable bonds is 8. The number of aromatic nitrogens is 3. The largest absolute Gasteiger partial charge is 0.494 e. The lowest BCUT2D eigenvalue weighted by Crippen LogP contribution is -2.14. The first-order valence-corrected chi connectivity index (χ1v) is 9.45. The molecule has 0 saturated carbocycles. The third-order valence-corrected chi connectivity index (χ3v) is 4.26. The normalized spacial score (nSPS) is 11.4. The molecule has 7 heteroatoms. The molecule has 0 unspecified atom stereocenters. The summed E-state index contributed by atoms with van der Waals surface area (Å²) in [6, 6.07) is 8.11. The first-order chi connectivity index (χ1) is 11.9. The minimum Gasteiger partial charge on any atom is -0.494 e. The predicted molar refractivity (Wildman–Crippen MR) is 101 cm³/mol. The van der Waals surface area contributed by atoms with E-state index in [0.29, 0.717) is 30.6 Å². The van der Waals surface area contributed by atoms with E-state index >= 15 is 0 Å². The molecule has 0 bridgehead atoms. The van der Waals surface area contributed by atoms with Crippen LogP contribution in [-0.2, 0) is 10.2 Å². The first kappa shape index (κ1) is 19.3. The molecule has 136 valence electrons. The molecule has 1 heterocycles. The standard InChI is InChI=1S/C18H26N4O2S/c1-5-25-17-20-16(21-22-17)19-15(23)7-6-12-24-14-10-8-13(9-11-14)18(2,3)4/h8-11H,5-7,12H2,1-4H3,(H2,19,20,21,22,23). The molecule has 2 N–H and O–H groups in total. The number of benzene rings is 1. The van der Waals surface area contributed by atoms with E-state index < -0.39 is 0 Å². The molecule has 0 saturated heterocycles. The summed E-state index contributed by atoms with van der Waals surface area (Å²) in [4.78, 5) is 16.1. The van der Waals surface area contributed by atoms with Crippen molar-refractivity contribution in [3.63, 3.8) is 0 Å². The summed E-state index contributed by atoms with van der Waals surface area (Å²) in [5, 5.41) is 10.1. The van der Waals surface area contributed by atoms with Crippen molar-refractivity contribution in [2.24, 2.45) is 0 Å². The van der Waals surface area contributed by atoms with E-state index in [0.717, 1.165) is 11.5 Å². The van der Waals surface area contributed by atoms with E-state index in [1.165, 1.54) is 17.3 Å². The summed E-state index contributed by atoms with van der Waals surface area (Å²) >= 11 is 1.52. The van der Waals surface area contributed by atoms with Crippen LogP contribution in [0.4, 0.5) is 5.95 Å². The minimum absolute atomic E-state index is 0.101. The van der Waals surface area contributed by atoms with E-state index in [-0.39, 0.29) is 11.3 Å². The van der Waals surface area contributed by atoms with Gasteiger partial charge in [-0.25, -0.2) is 5.10 Å². The fourth-order valence-corrected chi connectivity index (χ4v) is 2.69. The third kappa shape index (κ3) is 6.42. The van der Waals surface area contributed by atoms with Crippen LogP contribution in [-0.4, -0.2) is 33.4 Å². The number of aromatic amines is 1. The summed E-state index contributed by atoms with van der Waals surface area (Å²) in [5.41, 5.74) is 1.40. The molecule has 0 spiro atoms. The Balaban J connectivity index is 1.69. The lowest BCUT2D eigenvalue weighted by atomic mass is 9.87. The van der Waals surface area contributed by atoms with Crippen molar-refractivity contribution in [1.29, 1.82) is 0 Å². The second-order valence-electron chi connectivity index (χ2n) is 6.67. The van der Waals surface area contributed by atoms with Crippen molar-refractivity contribution in [3.05, 3.63) is 29.8 Å². The number of carbonyl (C=O) groups is 1. The number of carbonyl (C=O) groups excluding carboxylic acids is 1. The lowest BCUT2D eigenvalue weighted by molar-refractivity contribution is -0.116. The van der Waals surface area contributed by atoms with Gasteiger partial charge in [-0.05, 0) is 35.3 Å². The van der Waals surface area contributed by atoms with Gasteiger partial charge in [-0.3, -0.25) is 10.1 Å². The first-order valence-electron chi connectivity index (χ1n) is 8.47. The molecule has 2 rings (SSSR count). The number of nitrogens with zero attached hydrogens (tertiary/aromatic N) is 2. The van der Waals surface area contributed by atoms with Crippen LogP contribution < -0.4 is 10.1 Å². The maximum atomic E-state index is 11.9. The molecule has 1 aromatic carbocycles. The Morgan fingerprint density at radius 2 is 2.00 bits per heavy atom. The molecule has 0 radical (unpaired) electrons. The van der Waals surface area contributed by atoms with Crippen LogP contribution in [0.15, 0.2) is 29.4 Å². The highest BCUT2D eigenvalue weighted by molar-refractivity contribution is 7.99. The van der Waals surface area contributed by atoms with Crippen LogP contribution in [0.5, 0.6) is 5.75 Å². The average molecular weight is 362 g/mol. The summed E-state index contributed by atoms with van der Waals surface area (Å²) < 4.78 is 5.69. The Morgan fingerprint density at radius 3 is 2.64 bits per heavy atom. The second-order valence-corrected chi connectivity index (χ2v) is 7.91. The van der Waals surface area contributed by atoms with E-state index in [9.17, 15) is 4.79 Å². The Bertz CT molecular complexity index is 677. The molecule has 1 amide bonds. The van der Waals surface area contributed by atoms with Crippen LogP contribution in [0.2, 0.25) is 0 Å². The number of H-pyrrole nitrogens is 1. The topological polar surface area (TPSA) is 79.9 Å². The van der Waals surface area contributed by atoms with Crippen LogP contribution in [0, 0.1) is 0 Å². The Hall–Kier alpha value is -2.02. The smallest absolute Gasteiger partial charge is 0.226 e. The summed E-state index contributed by atoms with van der Waals surface area (Å²) in [6.45, 7) is 9.06. The molecule has 2 aromatic rings. The van der Waals surface area contributed by atoms with Crippen molar-refractivity contribution in [2.45, 2.75) is 51.1 Å². The van der Waals surface area contributed by atoms with Gasteiger partial charge in [-0.2, -0.15) is 4.98 Å². The zero-order chi connectivity index (χ0) is 18.3. The quantitative estimate of drug-likeness (QED) is 0.548. The number of nitrogens with one attached hydrogen (secondary N) is 2. The molecule has 25 heavy (non-hydrogen) atoms. The lowest BCUT2D eigenvalue weighted by Gasteiger charge is -2.19. The number of thioether (sulfide) groups is 1. The van der Waals surface area contributed by atoms with Crippen LogP contribution in [0.25, 0.3) is 0 Å². The van der Waals surface area contributed by atoms with E-state index in [2.05, 4.69) is 53.4 Å². The maximum Gasteiger partial charge on any atom is 0.226 e. The van der Waals surface area contributed by atoms with Crippen molar-refractivity contribution in [2.75, 3.05) is 17.7 Å². The molecule has 0 aliphatic rings. The summed E-state index contributed by atoms with van der Waals surface area (Å²) in [6.07, 6.45) is 1.01. The second kappa shape index (κ2) is 8.89. The Kier molecular flexibility index (Phi) is 6.87. The summed E-state index contributed by atoms with van der Waals surface area (Å²) in [7, 11) is 0. The van der Waals surface area contributed by atoms with Gasteiger partial charge in [0.1, 0.15) is 5.75 Å². The van der Waals surface area contributed by atoms with Crippen LogP contribution >= 0.6 is 11.8 Å². The maximum absolute atomic E-state index is 11.9. The van der Waals surface area contributed by atoms with Gasteiger partial charge < -0.3 is 4.74 Å². The van der Waals surface area contributed by atoms with Gasteiger partial charge in [0.25, 0.3) is 0 Å². The van der Waals surface area contributed by atoms with Crippen molar-refractivity contribution in [3.8, 4) is 5.75 Å². The highest BCUT2D eigenvalue weighted by Gasteiger charge is 2.13. The van der Waals surface area contributed by atoms with Gasteiger partial charge in [0.15, 0.2) is 0 Å². The fraction of sp³-hybridized carbons (Fsp3) is 0.500. The number of ether oxygens (including phenoxy) is 1. The molecule has 0 fully saturated rings. The predicted octanol–water partition coefficient (Wildman–Crippen LogP) is 4.01. The van der Waals surface area contributed by atoms with Gasteiger partial charge in [-0.1, -0.05) is 51.6 Å². The minimum atomic E-state index is -0.101. The van der Waals surface area contributed by atoms with Crippen molar-refractivity contribution in [1.82, 2.24) is 15.2 Å². The number of amides is 1. The van der Waals surface area contributed by atoms with Gasteiger partial charge in [-0.15, -0.1) is 5.10 Å². The average Bonchev–Trinajstić information content (AvgIpc) is 2.98. The van der Waals surface area contributed by atoms with Gasteiger partial charge in [0.05, 0.1) is 6.61 Å². The van der Waals surface area contributed by atoms with E-state index in [1.807, 2.05) is 19.1 Å². The highest BCUT2D eigenvalue weighted by atomic mass is 32.2. The van der Waals surface area contributed by atoms with Crippen molar-refractivity contribution < 1.29 is 9.53 Å². The van der Waals surface area contributed by atoms with E-state index in [1.54, 1.807) is 0 Å². The molecule has 6 nitrogen and oxygen atoms in total. The zero-order valence-corrected chi connectivity index (χ0v) is 16.1.